The van der Waals surface area contributed by atoms with Crippen LogP contribution < -0.4 is 4.74 Å². The van der Waals surface area contributed by atoms with Crippen LogP contribution >= 0.6 is 0 Å². The molecule has 4 nitrogen and oxygen atoms in total. The van der Waals surface area contributed by atoms with Crippen molar-refractivity contribution in [2.24, 2.45) is 0 Å². The summed E-state index contributed by atoms with van der Waals surface area (Å²) in [6.45, 7) is 3.81. The average molecular weight is 256 g/mol. The van der Waals surface area contributed by atoms with Crippen LogP contribution in [0.15, 0.2) is 40.8 Å². The third kappa shape index (κ3) is 4.20. The minimum Gasteiger partial charge on any atom is -0.497 e. The largest absolute Gasteiger partial charge is 0.497 e. The molecule has 0 radical (unpaired) electrons. The van der Waals surface area contributed by atoms with Gasteiger partial charge >= 0.3 is 0 Å². The van der Waals surface area contributed by atoms with Gasteiger partial charge in [0.1, 0.15) is 5.75 Å². The Morgan fingerprint density at radius 1 is 1.24 bits per heavy atom. The van der Waals surface area contributed by atoms with Gasteiger partial charge in [-0.3, -0.25) is 4.18 Å². The normalized spacial score (nSPS) is 11.0. The first-order chi connectivity index (χ1) is 7.95. The first kappa shape index (κ1) is 13.7. The van der Waals surface area contributed by atoms with Crippen LogP contribution in [0.1, 0.15) is 13.8 Å². The molecule has 1 rings (SSSR count). The molecule has 0 bridgehead atoms. The molecule has 0 aliphatic rings. The van der Waals surface area contributed by atoms with Crippen molar-refractivity contribution in [3.63, 3.8) is 0 Å². The molecule has 0 N–H and O–H groups in total. The number of allylic oxidation sites excluding steroid dienone is 1. The van der Waals surface area contributed by atoms with E-state index in [2.05, 4.69) is 0 Å². The van der Waals surface area contributed by atoms with Crippen LogP contribution in [0.25, 0.3) is 0 Å². The van der Waals surface area contributed by atoms with Gasteiger partial charge in [-0.25, -0.2) is 0 Å². The molecule has 1 aromatic rings. The van der Waals surface area contributed by atoms with Crippen molar-refractivity contribution < 1.29 is 17.3 Å². The van der Waals surface area contributed by atoms with Gasteiger partial charge in [-0.05, 0) is 38.1 Å². The maximum Gasteiger partial charge on any atom is 0.297 e. The number of methoxy groups -OCH3 is 1. The van der Waals surface area contributed by atoms with Crippen molar-refractivity contribution in [3.8, 4) is 5.75 Å². The summed E-state index contributed by atoms with van der Waals surface area (Å²) in [4.78, 5) is 0.125. The molecule has 0 spiro atoms. The zero-order valence-electron chi connectivity index (χ0n) is 10.1. The van der Waals surface area contributed by atoms with Gasteiger partial charge < -0.3 is 4.74 Å². The average Bonchev–Trinajstić information content (AvgIpc) is 2.28. The van der Waals surface area contributed by atoms with Crippen molar-refractivity contribution in [3.05, 3.63) is 35.9 Å². The van der Waals surface area contributed by atoms with Gasteiger partial charge in [-0.2, -0.15) is 8.42 Å². The van der Waals surface area contributed by atoms with Crippen LogP contribution in [0, 0.1) is 0 Å². The van der Waals surface area contributed by atoms with E-state index in [1.165, 1.54) is 19.2 Å². The van der Waals surface area contributed by atoms with Gasteiger partial charge in [0.05, 0.1) is 18.6 Å². The quantitative estimate of drug-likeness (QED) is 0.599. The number of hydrogen-bond donors (Lipinski definition) is 0. The smallest absolute Gasteiger partial charge is 0.297 e. The molecule has 0 aliphatic heterocycles. The number of benzene rings is 1. The second-order valence-electron chi connectivity index (χ2n) is 3.70. The highest BCUT2D eigenvalue weighted by atomic mass is 32.2. The third-order valence-electron chi connectivity index (χ3n) is 2.06. The molecular weight excluding hydrogens is 240 g/mol. The summed E-state index contributed by atoms with van der Waals surface area (Å²) in [5.41, 5.74) is 1.01. The summed E-state index contributed by atoms with van der Waals surface area (Å²) in [7, 11) is -2.16. The zero-order valence-corrected chi connectivity index (χ0v) is 11.0. The minimum atomic E-state index is -3.68. The van der Waals surface area contributed by atoms with Crippen LogP contribution in [0.2, 0.25) is 0 Å². The molecule has 0 saturated carbocycles. The van der Waals surface area contributed by atoms with Crippen molar-refractivity contribution in [2.75, 3.05) is 13.7 Å². The van der Waals surface area contributed by atoms with E-state index in [0.29, 0.717) is 5.75 Å². The van der Waals surface area contributed by atoms with E-state index in [4.69, 9.17) is 8.92 Å². The summed E-state index contributed by atoms with van der Waals surface area (Å²) in [6.07, 6.45) is 1.71. The van der Waals surface area contributed by atoms with Crippen molar-refractivity contribution in [2.45, 2.75) is 18.7 Å². The Labute approximate surface area is 102 Å². The molecule has 17 heavy (non-hydrogen) atoms. The molecule has 1 aromatic carbocycles. The summed E-state index contributed by atoms with van der Waals surface area (Å²) in [6, 6.07) is 6.07. The summed E-state index contributed by atoms with van der Waals surface area (Å²) >= 11 is 0. The third-order valence-corrected chi connectivity index (χ3v) is 3.36. The lowest BCUT2D eigenvalue weighted by molar-refractivity contribution is 0.356. The van der Waals surface area contributed by atoms with Gasteiger partial charge in [-0.1, -0.05) is 11.6 Å². The van der Waals surface area contributed by atoms with E-state index in [-0.39, 0.29) is 11.5 Å². The Balaban J connectivity index is 2.79. The maximum absolute atomic E-state index is 11.7. The Bertz CT molecular complexity index is 482. The SMILES string of the molecule is COc1ccc(S(=O)(=O)OCC=C(C)C)cc1. The van der Waals surface area contributed by atoms with Gasteiger partial charge in [0, 0.05) is 0 Å². The second kappa shape index (κ2) is 5.84. The fraction of sp³-hybridized carbons (Fsp3) is 0.333. The fourth-order valence-corrected chi connectivity index (χ4v) is 1.95. The molecule has 5 heteroatoms. The zero-order chi connectivity index (χ0) is 12.9. The Kier molecular flexibility index (Phi) is 4.72. The molecule has 0 aromatic heterocycles. The Hall–Kier alpha value is -1.33. The molecule has 0 heterocycles. The van der Waals surface area contributed by atoms with Gasteiger partial charge in [-0.15, -0.1) is 0 Å². The molecule has 0 amide bonds. The second-order valence-corrected chi connectivity index (χ2v) is 5.31. The summed E-state index contributed by atoms with van der Waals surface area (Å²) in [5, 5.41) is 0. The highest BCUT2D eigenvalue weighted by Gasteiger charge is 2.14. The molecule has 0 unspecified atom stereocenters. The lowest BCUT2D eigenvalue weighted by Gasteiger charge is -2.05. The van der Waals surface area contributed by atoms with Crippen molar-refractivity contribution >= 4 is 10.1 Å². The molecule has 0 saturated heterocycles. The predicted octanol–water partition coefficient (Wildman–Crippen LogP) is 2.37. The maximum atomic E-state index is 11.7. The van der Waals surface area contributed by atoms with Crippen molar-refractivity contribution in [1.29, 1.82) is 0 Å². The molecular formula is C12H16O4S. The molecule has 0 fully saturated rings. The van der Waals surface area contributed by atoms with Gasteiger partial charge in [0.25, 0.3) is 10.1 Å². The highest BCUT2D eigenvalue weighted by molar-refractivity contribution is 7.86. The van der Waals surface area contributed by atoms with Crippen LogP contribution in [0.3, 0.4) is 0 Å². The monoisotopic (exact) mass is 256 g/mol. The van der Waals surface area contributed by atoms with E-state index in [1.54, 1.807) is 18.2 Å². The fourth-order valence-electron chi connectivity index (χ4n) is 1.10. The van der Waals surface area contributed by atoms with Crippen LogP contribution in [0.5, 0.6) is 5.75 Å². The van der Waals surface area contributed by atoms with Crippen LogP contribution in [0.4, 0.5) is 0 Å². The number of hydrogen-bond acceptors (Lipinski definition) is 4. The predicted molar refractivity (Wildman–Crippen MR) is 65.6 cm³/mol. The van der Waals surface area contributed by atoms with Crippen LogP contribution in [-0.4, -0.2) is 22.1 Å². The molecule has 94 valence electrons. The van der Waals surface area contributed by atoms with E-state index in [1.807, 2.05) is 13.8 Å². The van der Waals surface area contributed by atoms with E-state index < -0.39 is 10.1 Å². The van der Waals surface area contributed by atoms with Crippen molar-refractivity contribution in [1.82, 2.24) is 0 Å². The standard InChI is InChI=1S/C12H16O4S/c1-10(2)8-9-16-17(13,14)12-6-4-11(15-3)5-7-12/h4-8H,9H2,1-3H3. The molecule has 0 aliphatic carbocycles. The van der Waals surface area contributed by atoms with E-state index in [0.717, 1.165) is 5.57 Å². The minimum absolute atomic E-state index is 0.0523. The van der Waals surface area contributed by atoms with E-state index in [9.17, 15) is 8.42 Å². The Morgan fingerprint density at radius 2 is 1.82 bits per heavy atom. The first-order valence-electron chi connectivity index (χ1n) is 5.12. The first-order valence-corrected chi connectivity index (χ1v) is 6.53. The Morgan fingerprint density at radius 3 is 2.29 bits per heavy atom. The lowest BCUT2D eigenvalue weighted by Crippen LogP contribution is -2.06. The van der Waals surface area contributed by atoms with Gasteiger partial charge in [0.15, 0.2) is 0 Å². The number of ether oxygens (including phenoxy) is 1. The number of rotatable bonds is 5. The summed E-state index contributed by atoms with van der Waals surface area (Å²) < 4.78 is 33.2. The van der Waals surface area contributed by atoms with Gasteiger partial charge in [0.2, 0.25) is 0 Å². The van der Waals surface area contributed by atoms with Crippen LogP contribution in [-0.2, 0) is 14.3 Å². The van der Waals surface area contributed by atoms with E-state index >= 15 is 0 Å². The topological polar surface area (TPSA) is 52.6 Å². The molecule has 0 atom stereocenters. The highest BCUT2D eigenvalue weighted by Crippen LogP contribution is 2.17. The summed E-state index contributed by atoms with van der Waals surface area (Å²) in [5.74, 6) is 0.605. The lowest BCUT2D eigenvalue weighted by atomic mass is 10.3.